The van der Waals surface area contributed by atoms with E-state index in [9.17, 15) is 19.8 Å². The van der Waals surface area contributed by atoms with Gasteiger partial charge in [-0.1, -0.05) is 38.0 Å². The first-order chi connectivity index (χ1) is 10.6. The van der Waals surface area contributed by atoms with E-state index < -0.39 is 30.0 Å². The summed E-state index contributed by atoms with van der Waals surface area (Å²) in [5, 5.41) is 29.6. The summed E-state index contributed by atoms with van der Waals surface area (Å²) in [5.41, 5.74) is -2.36. The molecule has 0 aliphatic rings. The van der Waals surface area contributed by atoms with Crippen molar-refractivity contribution in [3.63, 3.8) is 0 Å². The maximum absolute atomic E-state index is 12.2. The number of hydrogen-bond acceptors (Lipinski definition) is 4. The predicted octanol–water partition coefficient (Wildman–Crippen LogP) is 1.48. The normalized spacial score (nSPS) is 16.6. The minimum atomic E-state index is -2.36. The molecule has 0 aliphatic heterocycles. The second-order valence-corrected chi connectivity index (χ2v) is 6.63. The van der Waals surface area contributed by atoms with Gasteiger partial charge in [0.1, 0.15) is 0 Å². The van der Waals surface area contributed by atoms with E-state index in [0.29, 0.717) is 0 Å². The molecule has 0 radical (unpaired) electrons. The quantitative estimate of drug-likeness (QED) is 0.176. The highest BCUT2D eigenvalue weighted by Gasteiger charge is 2.50. The fourth-order valence-corrected chi connectivity index (χ4v) is 2.15. The Morgan fingerprint density at radius 1 is 1.17 bits per heavy atom. The van der Waals surface area contributed by atoms with Gasteiger partial charge < -0.3 is 19.8 Å². The predicted molar refractivity (Wildman–Crippen MR) is 88.7 cm³/mol. The molecule has 0 amide bonds. The molecule has 0 saturated heterocycles. The number of unbranched alkanes of at least 4 members (excludes halogenated alkanes) is 3. The maximum Gasteiger partial charge on any atom is 0.307 e. The molecule has 0 aliphatic carbocycles. The molecule has 0 spiro atoms. The molecule has 3 N–H and O–H groups in total. The minimum absolute atomic E-state index is 0.157. The second kappa shape index (κ2) is 9.60. The number of aliphatic hydroxyl groups is 2. The summed E-state index contributed by atoms with van der Waals surface area (Å²) in [6.07, 6.45) is 8.00. The van der Waals surface area contributed by atoms with E-state index in [1.165, 1.54) is 6.08 Å². The molecule has 6 nitrogen and oxygen atoms in total. The van der Waals surface area contributed by atoms with E-state index in [0.717, 1.165) is 31.8 Å². The first kappa shape index (κ1) is 21.5. The largest absolute Gasteiger partial charge is 0.481 e. The number of likely N-dealkylation sites (N-methyl/N-ethyl adjacent to an activating group) is 1. The van der Waals surface area contributed by atoms with Gasteiger partial charge in [-0.2, -0.15) is 0 Å². The molecule has 0 heterocycles. The highest BCUT2D eigenvalue weighted by molar-refractivity contribution is 5.99. The zero-order valence-electron chi connectivity index (χ0n) is 14.5. The van der Waals surface area contributed by atoms with Crippen LogP contribution < -0.4 is 0 Å². The Kier molecular flexibility index (Phi) is 8.97. The molecule has 0 bridgehead atoms. The third kappa shape index (κ3) is 7.54. The van der Waals surface area contributed by atoms with E-state index in [1.807, 2.05) is 6.08 Å². The summed E-state index contributed by atoms with van der Waals surface area (Å²) in [5.74, 6) is -2.17. The highest BCUT2D eigenvalue weighted by Crippen LogP contribution is 2.23. The van der Waals surface area contributed by atoms with Crippen molar-refractivity contribution in [3.05, 3.63) is 24.3 Å². The number of carboxylic acid groups (broad SMARTS) is 1. The lowest BCUT2D eigenvalue weighted by Gasteiger charge is -2.38. The lowest BCUT2D eigenvalue weighted by molar-refractivity contribution is -0.925. The van der Waals surface area contributed by atoms with Crippen LogP contribution in [-0.2, 0) is 9.59 Å². The molecule has 6 heteroatoms. The smallest absolute Gasteiger partial charge is 0.307 e. The van der Waals surface area contributed by atoms with Crippen molar-refractivity contribution < 1.29 is 29.4 Å². The first-order valence-electron chi connectivity index (χ1n) is 7.86. The zero-order chi connectivity index (χ0) is 18.1. The molecule has 0 aromatic carbocycles. The summed E-state index contributed by atoms with van der Waals surface area (Å²) in [6.45, 7) is 2.12. The van der Waals surface area contributed by atoms with Crippen molar-refractivity contribution in [3.8, 4) is 0 Å². The van der Waals surface area contributed by atoms with Crippen molar-refractivity contribution >= 4 is 11.8 Å². The number of aliphatic hydroxyl groups excluding tert-OH is 1. The van der Waals surface area contributed by atoms with Crippen LogP contribution in [0.5, 0.6) is 0 Å². The minimum Gasteiger partial charge on any atom is -0.481 e. The summed E-state index contributed by atoms with van der Waals surface area (Å²) >= 11 is 0. The fourth-order valence-electron chi connectivity index (χ4n) is 2.15. The molecule has 2 unspecified atom stereocenters. The van der Waals surface area contributed by atoms with Crippen LogP contribution in [0.4, 0.5) is 0 Å². The van der Waals surface area contributed by atoms with Gasteiger partial charge in [0.05, 0.1) is 27.6 Å². The average Bonchev–Trinajstić information content (AvgIpc) is 2.43. The molecule has 0 rings (SSSR count). The van der Waals surface area contributed by atoms with Crippen LogP contribution in [0, 0.1) is 0 Å². The monoisotopic (exact) mass is 328 g/mol. The SMILES string of the molecule is CCCCCC=CC=CC(=O)C(O)(CC(=O)O)C(O)[N+](C)(C)C. The van der Waals surface area contributed by atoms with Gasteiger partial charge in [-0.3, -0.25) is 9.59 Å². The Morgan fingerprint density at radius 3 is 2.26 bits per heavy atom. The Morgan fingerprint density at radius 2 is 1.78 bits per heavy atom. The number of quaternary nitrogens is 1. The van der Waals surface area contributed by atoms with Crippen LogP contribution in [0.25, 0.3) is 0 Å². The van der Waals surface area contributed by atoms with Crippen LogP contribution in [-0.4, -0.2) is 64.5 Å². The van der Waals surface area contributed by atoms with Crippen LogP contribution in [0.15, 0.2) is 24.3 Å². The van der Waals surface area contributed by atoms with Gasteiger partial charge in [0.25, 0.3) is 0 Å². The maximum atomic E-state index is 12.2. The number of allylic oxidation sites excluding steroid dienone is 3. The lowest BCUT2D eigenvalue weighted by atomic mass is 9.90. The zero-order valence-corrected chi connectivity index (χ0v) is 14.5. The number of ketones is 1. The van der Waals surface area contributed by atoms with Crippen LogP contribution in [0.2, 0.25) is 0 Å². The molecular formula is C17H30NO5+. The Bertz CT molecular complexity index is 450. The number of hydrogen-bond donors (Lipinski definition) is 3. The third-order valence-electron chi connectivity index (χ3n) is 3.48. The van der Waals surface area contributed by atoms with Gasteiger partial charge in [-0.05, 0) is 18.9 Å². The van der Waals surface area contributed by atoms with Gasteiger partial charge in [-0.25, -0.2) is 0 Å². The van der Waals surface area contributed by atoms with Crippen molar-refractivity contribution in [2.45, 2.75) is 50.9 Å². The van der Waals surface area contributed by atoms with Crippen molar-refractivity contribution in [2.24, 2.45) is 0 Å². The van der Waals surface area contributed by atoms with Gasteiger partial charge in [0.15, 0.2) is 5.78 Å². The number of rotatable bonds is 11. The number of carboxylic acids is 1. The summed E-state index contributed by atoms with van der Waals surface area (Å²) < 4.78 is -0.157. The highest BCUT2D eigenvalue weighted by atomic mass is 16.4. The molecule has 23 heavy (non-hydrogen) atoms. The molecule has 0 aromatic heterocycles. The molecule has 0 saturated carbocycles. The summed E-state index contributed by atoms with van der Waals surface area (Å²) in [6, 6.07) is 0. The third-order valence-corrected chi connectivity index (χ3v) is 3.48. The number of carbonyl (C=O) groups excluding carboxylic acids is 1. The fraction of sp³-hybridized carbons (Fsp3) is 0.647. The Balaban J connectivity index is 4.99. The van der Waals surface area contributed by atoms with Crippen molar-refractivity contribution in [1.82, 2.24) is 0 Å². The van der Waals surface area contributed by atoms with E-state index in [1.54, 1.807) is 27.2 Å². The molecule has 2 atom stereocenters. The topological polar surface area (TPSA) is 94.8 Å². The molecule has 0 aromatic rings. The molecular weight excluding hydrogens is 298 g/mol. The number of aliphatic carboxylic acids is 1. The molecule has 132 valence electrons. The van der Waals surface area contributed by atoms with Crippen LogP contribution in [0.1, 0.15) is 39.0 Å². The van der Waals surface area contributed by atoms with E-state index >= 15 is 0 Å². The average molecular weight is 328 g/mol. The summed E-state index contributed by atoms with van der Waals surface area (Å²) in [7, 11) is 4.71. The van der Waals surface area contributed by atoms with Gasteiger partial charge in [0, 0.05) is 0 Å². The van der Waals surface area contributed by atoms with Crippen molar-refractivity contribution in [1.29, 1.82) is 0 Å². The van der Waals surface area contributed by atoms with Crippen LogP contribution in [0.3, 0.4) is 0 Å². The Labute approximate surface area is 138 Å². The van der Waals surface area contributed by atoms with Gasteiger partial charge in [0.2, 0.25) is 11.8 Å². The molecule has 0 fully saturated rings. The van der Waals surface area contributed by atoms with E-state index in [-0.39, 0.29) is 4.48 Å². The Hall–Kier alpha value is -1.50. The van der Waals surface area contributed by atoms with E-state index in [4.69, 9.17) is 5.11 Å². The standard InChI is InChI=1S/C17H29NO5/c1-5-6-7-8-9-10-11-12-14(19)17(23,13-15(20)21)16(22)18(2,3)4/h9-12,16,22-23H,5-8,13H2,1-4H3/p+1. The number of carbonyl (C=O) groups is 2. The first-order valence-corrected chi connectivity index (χ1v) is 7.86. The van der Waals surface area contributed by atoms with Gasteiger partial charge in [-0.15, -0.1) is 0 Å². The number of nitrogens with zero attached hydrogens (tertiary/aromatic N) is 1. The second-order valence-electron chi connectivity index (χ2n) is 6.63. The van der Waals surface area contributed by atoms with Gasteiger partial charge >= 0.3 is 5.97 Å². The van der Waals surface area contributed by atoms with E-state index in [2.05, 4.69) is 6.92 Å². The lowest BCUT2D eigenvalue weighted by Crippen LogP contribution is -2.62. The van der Waals surface area contributed by atoms with Crippen LogP contribution >= 0.6 is 0 Å². The van der Waals surface area contributed by atoms with Crippen molar-refractivity contribution in [2.75, 3.05) is 21.1 Å². The summed E-state index contributed by atoms with van der Waals surface area (Å²) in [4.78, 5) is 23.2.